The molecule has 0 aliphatic rings. The minimum atomic E-state index is -3.96. The number of unbranched alkanes of at least 4 members (excludes halogenated alkanes) is 14. The van der Waals surface area contributed by atoms with Crippen LogP contribution in [-0.4, -0.2) is 26.7 Å². The third-order valence-electron chi connectivity index (χ3n) is 4.54. The first-order valence-electron chi connectivity index (χ1n) is 10.5. The van der Waals surface area contributed by atoms with Crippen molar-refractivity contribution in [2.24, 2.45) is 0 Å². The van der Waals surface area contributed by atoms with Gasteiger partial charge in [0.25, 0.3) is 0 Å². The van der Waals surface area contributed by atoms with E-state index in [2.05, 4.69) is 11.1 Å². The van der Waals surface area contributed by atoms with Crippen molar-refractivity contribution in [1.82, 2.24) is 0 Å². The fourth-order valence-corrected chi connectivity index (χ4v) is 3.62. The SMILES string of the molecule is CCCCCCCCCCCCCCCCCC(=O)OS(=O)(=O)CC[O-].[Na+]. The van der Waals surface area contributed by atoms with E-state index in [0.29, 0.717) is 6.42 Å². The number of rotatable bonds is 19. The molecule has 0 aromatic carbocycles. The molecule has 156 valence electrons. The van der Waals surface area contributed by atoms with Crippen molar-refractivity contribution in [2.75, 3.05) is 12.4 Å². The molecular weight excluding hydrogens is 375 g/mol. The summed E-state index contributed by atoms with van der Waals surface area (Å²) in [6.07, 6.45) is 18.7. The molecule has 0 aliphatic carbocycles. The smallest absolute Gasteiger partial charge is 0.854 e. The van der Waals surface area contributed by atoms with Gasteiger partial charge < -0.3 is 9.29 Å². The Morgan fingerprint density at radius 3 is 1.48 bits per heavy atom. The van der Waals surface area contributed by atoms with E-state index < -0.39 is 28.4 Å². The van der Waals surface area contributed by atoms with Crippen LogP contribution >= 0.6 is 0 Å². The van der Waals surface area contributed by atoms with Crippen molar-refractivity contribution in [1.29, 1.82) is 0 Å². The van der Waals surface area contributed by atoms with Gasteiger partial charge in [-0.25, -0.2) is 0 Å². The van der Waals surface area contributed by atoms with Gasteiger partial charge in [0.1, 0.15) is 0 Å². The van der Waals surface area contributed by atoms with E-state index >= 15 is 0 Å². The Morgan fingerprint density at radius 1 is 0.741 bits per heavy atom. The monoisotopic (exact) mass is 414 g/mol. The van der Waals surface area contributed by atoms with Crippen LogP contribution in [0, 0.1) is 0 Å². The third-order valence-corrected chi connectivity index (χ3v) is 5.64. The molecule has 0 aliphatic heterocycles. The molecule has 0 aromatic rings. The van der Waals surface area contributed by atoms with Crippen LogP contribution in [0.5, 0.6) is 0 Å². The first-order chi connectivity index (χ1) is 12.5. The molecular formula is C20H39NaO5S. The van der Waals surface area contributed by atoms with Gasteiger partial charge in [-0.05, 0) is 6.42 Å². The predicted octanol–water partition coefficient (Wildman–Crippen LogP) is 1.49. The molecule has 0 radical (unpaired) electrons. The van der Waals surface area contributed by atoms with Crippen LogP contribution in [0.2, 0.25) is 0 Å². The van der Waals surface area contributed by atoms with Gasteiger partial charge in [0.05, 0.1) is 5.75 Å². The molecule has 27 heavy (non-hydrogen) atoms. The standard InChI is InChI=1S/C20H39O5S.Na/c1-2-3-4-5-6-7-8-9-10-11-12-13-14-15-16-17-20(22)25-26(23,24)19-18-21;/h2-19H2,1H3;/q-1;+1. The largest absolute Gasteiger partial charge is 1.00 e. The van der Waals surface area contributed by atoms with Crippen LogP contribution < -0.4 is 34.7 Å². The van der Waals surface area contributed by atoms with E-state index in [1.807, 2.05) is 0 Å². The van der Waals surface area contributed by atoms with E-state index in [-0.39, 0.29) is 36.0 Å². The molecule has 0 saturated heterocycles. The van der Waals surface area contributed by atoms with Gasteiger partial charge in [-0.3, -0.25) is 4.79 Å². The van der Waals surface area contributed by atoms with Crippen LogP contribution in [0.1, 0.15) is 110 Å². The van der Waals surface area contributed by atoms with E-state index in [9.17, 15) is 18.3 Å². The molecule has 7 heteroatoms. The Hall–Kier alpha value is 0.380. The van der Waals surface area contributed by atoms with E-state index in [1.165, 1.54) is 77.0 Å². The molecule has 0 spiro atoms. The average molecular weight is 415 g/mol. The number of hydrogen-bond donors (Lipinski definition) is 0. The molecule has 0 unspecified atom stereocenters. The van der Waals surface area contributed by atoms with Crippen molar-refractivity contribution >= 4 is 16.1 Å². The molecule has 0 atom stereocenters. The molecule has 5 nitrogen and oxygen atoms in total. The maximum absolute atomic E-state index is 11.4. The molecule has 0 amide bonds. The predicted molar refractivity (Wildman–Crippen MR) is 104 cm³/mol. The molecule has 0 saturated carbocycles. The second-order valence-corrected chi connectivity index (χ2v) is 8.81. The second kappa shape index (κ2) is 21.1. The number of carbonyl (C=O) groups excluding carboxylic acids is 1. The molecule has 0 N–H and O–H groups in total. The average Bonchev–Trinajstić information content (AvgIpc) is 2.57. The van der Waals surface area contributed by atoms with Crippen LogP contribution in [0.3, 0.4) is 0 Å². The summed E-state index contributed by atoms with van der Waals surface area (Å²) >= 11 is 0. The zero-order valence-electron chi connectivity index (χ0n) is 17.7. The van der Waals surface area contributed by atoms with Crippen molar-refractivity contribution in [3.05, 3.63) is 0 Å². The summed E-state index contributed by atoms with van der Waals surface area (Å²) < 4.78 is 26.6. The Bertz CT molecular complexity index is 426. The Labute approximate surface area is 189 Å². The number of carbonyl (C=O) groups is 1. The quantitative estimate of drug-likeness (QED) is 0.182. The Morgan fingerprint density at radius 2 is 1.11 bits per heavy atom. The van der Waals surface area contributed by atoms with E-state index in [0.717, 1.165) is 12.8 Å². The topological polar surface area (TPSA) is 83.5 Å². The fourth-order valence-electron chi connectivity index (χ4n) is 2.97. The maximum Gasteiger partial charge on any atom is 1.00 e. The van der Waals surface area contributed by atoms with Gasteiger partial charge in [-0.1, -0.05) is 96.8 Å². The van der Waals surface area contributed by atoms with Crippen molar-refractivity contribution in [3.63, 3.8) is 0 Å². The van der Waals surface area contributed by atoms with Crippen molar-refractivity contribution < 1.29 is 52.1 Å². The van der Waals surface area contributed by atoms with Crippen molar-refractivity contribution in [2.45, 2.75) is 110 Å². The summed E-state index contributed by atoms with van der Waals surface area (Å²) in [4.78, 5) is 11.4. The first-order valence-corrected chi connectivity index (χ1v) is 12.1. The van der Waals surface area contributed by atoms with E-state index in [1.54, 1.807) is 0 Å². The van der Waals surface area contributed by atoms with Crippen LogP contribution in [0.25, 0.3) is 0 Å². The van der Waals surface area contributed by atoms with Crippen LogP contribution in [0.15, 0.2) is 0 Å². The molecule has 0 heterocycles. The zero-order chi connectivity index (χ0) is 19.5. The third kappa shape index (κ3) is 22.5. The second-order valence-electron chi connectivity index (χ2n) is 7.12. The molecule has 0 aromatic heterocycles. The van der Waals surface area contributed by atoms with Crippen molar-refractivity contribution in [3.8, 4) is 0 Å². The van der Waals surface area contributed by atoms with Gasteiger partial charge in [0, 0.05) is 6.42 Å². The van der Waals surface area contributed by atoms with Gasteiger partial charge in [-0.2, -0.15) is 8.42 Å². The van der Waals surface area contributed by atoms with Gasteiger partial charge in [0.2, 0.25) is 0 Å². The summed E-state index contributed by atoms with van der Waals surface area (Å²) in [6.45, 7) is 1.47. The van der Waals surface area contributed by atoms with Gasteiger partial charge in [-0.15, -0.1) is 6.61 Å². The maximum atomic E-state index is 11.4. The Kier molecular flexibility index (Phi) is 23.1. The summed E-state index contributed by atoms with van der Waals surface area (Å²) in [6, 6.07) is 0. The molecule has 0 rings (SSSR count). The number of hydrogen-bond acceptors (Lipinski definition) is 5. The summed E-state index contributed by atoms with van der Waals surface area (Å²) in [5.74, 6) is -1.38. The van der Waals surface area contributed by atoms with E-state index in [4.69, 9.17) is 0 Å². The van der Waals surface area contributed by atoms with Gasteiger partial charge >= 0.3 is 45.6 Å². The zero-order valence-corrected chi connectivity index (χ0v) is 20.5. The minimum absolute atomic E-state index is 0. The normalized spacial score (nSPS) is 11.2. The summed E-state index contributed by atoms with van der Waals surface area (Å²) in [7, 11) is -3.96. The van der Waals surface area contributed by atoms with Gasteiger partial charge in [0.15, 0.2) is 0 Å². The Balaban J connectivity index is 0. The fraction of sp³-hybridized carbons (Fsp3) is 0.950. The van der Waals surface area contributed by atoms with Crippen LogP contribution in [-0.2, 0) is 19.1 Å². The minimum Gasteiger partial charge on any atom is -0.854 e. The summed E-state index contributed by atoms with van der Waals surface area (Å²) in [5, 5.41) is 10.3. The molecule has 0 fully saturated rings. The van der Waals surface area contributed by atoms with Crippen LogP contribution in [0.4, 0.5) is 0 Å². The molecule has 0 bridgehead atoms. The first kappa shape index (κ1) is 29.6. The summed E-state index contributed by atoms with van der Waals surface area (Å²) in [5.41, 5.74) is 0.